The zero-order valence-corrected chi connectivity index (χ0v) is 7.44. The Morgan fingerprint density at radius 1 is 1.38 bits per heavy atom. The minimum absolute atomic E-state index is 0.537. The number of anilines is 1. The van der Waals surface area contributed by atoms with E-state index in [0.717, 1.165) is 5.69 Å². The molecule has 2 N–H and O–H groups in total. The maximum atomic E-state index is 5.77. The second-order valence-electron chi connectivity index (χ2n) is 2.55. The van der Waals surface area contributed by atoms with Crippen molar-refractivity contribution in [2.24, 2.45) is 0 Å². The summed E-state index contributed by atoms with van der Waals surface area (Å²) in [4.78, 5) is 3.83. The van der Waals surface area contributed by atoms with Crippen LogP contribution in [0.5, 0.6) is 0 Å². The molecular weight excluding hydrogens is 188 g/mol. The molecule has 0 amide bonds. The summed E-state index contributed by atoms with van der Waals surface area (Å²) in [6.45, 7) is 0. The van der Waals surface area contributed by atoms with Crippen molar-refractivity contribution in [2.75, 3.05) is 5.73 Å². The molecule has 2 aromatic rings. The highest BCUT2D eigenvalue weighted by atomic mass is 35.5. The van der Waals surface area contributed by atoms with E-state index < -0.39 is 0 Å². The van der Waals surface area contributed by atoms with E-state index in [1.807, 2.05) is 6.07 Å². The van der Waals surface area contributed by atoms with Crippen molar-refractivity contribution < 1.29 is 0 Å². The van der Waals surface area contributed by atoms with Gasteiger partial charge < -0.3 is 5.73 Å². The minimum atomic E-state index is 0.537. The Balaban J connectivity index is 2.49. The van der Waals surface area contributed by atoms with Crippen molar-refractivity contribution in [3.63, 3.8) is 0 Å². The Bertz CT molecular complexity index is 410. The zero-order valence-electron chi connectivity index (χ0n) is 6.68. The third-order valence-electron chi connectivity index (χ3n) is 1.66. The lowest BCUT2D eigenvalue weighted by Crippen LogP contribution is -1.96. The molecular formula is C8H7ClN4. The van der Waals surface area contributed by atoms with Gasteiger partial charge in [0.2, 0.25) is 0 Å². The molecule has 0 saturated carbocycles. The molecule has 0 unspecified atom stereocenters. The van der Waals surface area contributed by atoms with Gasteiger partial charge in [0.05, 0.1) is 16.4 Å². The van der Waals surface area contributed by atoms with Gasteiger partial charge >= 0.3 is 0 Å². The highest BCUT2D eigenvalue weighted by Crippen LogP contribution is 2.20. The van der Waals surface area contributed by atoms with Crippen LogP contribution in [0.3, 0.4) is 0 Å². The normalized spacial score (nSPS) is 10.2. The van der Waals surface area contributed by atoms with Crippen molar-refractivity contribution >= 4 is 17.3 Å². The summed E-state index contributed by atoms with van der Waals surface area (Å²) in [6.07, 6.45) is 3.06. The molecule has 0 aliphatic carbocycles. The highest BCUT2D eigenvalue weighted by Gasteiger charge is 1.99. The van der Waals surface area contributed by atoms with Crippen molar-refractivity contribution in [2.45, 2.75) is 0 Å². The Morgan fingerprint density at radius 3 is 2.85 bits per heavy atom. The van der Waals surface area contributed by atoms with Crippen LogP contribution >= 0.6 is 11.6 Å². The number of nitrogens with zero attached hydrogens (tertiary/aromatic N) is 3. The van der Waals surface area contributed by atoms with Crippen molar-refractivity contribution in [3.8, 4) is 5.69 Å². The number of hydrogen-bond donors (Lipinski definition) is 1. The van der Waals surface area contributed by atoms with Gasteiger partial charge in [0.15, 0.2) is 0 Å². The van der Waals surface area contributed by atoms with E-state index in [4.69, 9.17) is 17.3 Å². The van der Waals surface area contributed by atoms with Crippen LogP contribution < -0.4 is 5.73 Å². The summed E-state index contributed by atoms with van der Waals surface area (Å²) >= 11 is 5.77. The highest BCUT2D eigenvalue weighted by molar-refractivity contribution is 6.33. The van der Waals surface area contributed by atoms with E-state index in [-0.39, 0.29) is 0 Å². The molecule has 2 rings (SSSR count). The standard InChI is InChI=1S/C8H7ClN4/c9-7-2-1-6(3-8(7)10)13-5-11-4-12-13/h1-5H,10H2. The molecule has 13 heavy (non-hydrogen) atoms. The number of aromatic nitrogens is 3. The number of halogens is 1. The molecule has 5 heteroatoms. The van der Waals surface area contributed by atoms with Gasteiger partial charge in [-0.25, -0.2) is 9.67 Å². The summed E-state index contributed by atoms with van der Waals surface area (Å²) < 4.78 is 1.62. The van der Waals surface area contributed by atoms with Crippen LogP contribution in [0.4, 0.5) is 5.69 Å². The first-order valence-corrected chi connectivity index (χ1v) is 4.05. The van der Waals surface area contributed by atoms with Crippen molar-refractivity contribution in [3.05, 3.63) is 35.9 Å². The molecule has 66 valence electrons. The van der Waals surface area contributed by atoms with Gasteiger partial charge in [0, 0.05) is 0 Å². The molecule has 0 aliphatic heterocycles. The van der Waals surface area contributed by atoms with Crippen LogP contribution in [-0.4, -0.2) is 14.8 Å². The zero-order chi connectivity index (χ0) is 9.26. The maximum absolute atomic E-state index is 5.77. The van der Waals surface area contributed by atoms with Crippen LogP contribution in [0.1, 0.15) is 0 Å². The SMILES string of the molecule is Nc1cc(-n2cncn2)ccc1Cl. The van der Waals surface area contributed by atoms with Crippen LogP contribution in [0.25, 0.3) is 5.69 Å². The molecule has 0 spiro atoms. The Labute approximate surface area is 80.0 Å². The second-order valence-corrected chi connectivity index (χ2v) is 2.95. The Morgan fingerprint density at radius 2 is 2.23 bits per heavy atom. The predicted molar refractivity (Wildman–Crippen MR) is 50.8 cm³/mol. The van der Waals surface area contributed by atoms with Gasteiger partial charge in [0.25, 0.3) is 0 Å². The number of hydrogen-bond acceptors (Lipinski definition) is 3. The van der Waals surface area contributed by atoms with Crippen LogP contribution in [-0.2, 0) is 0 Å². The van der Waals surface area contributed by atoms with Gasteiger partial charge in [-0.2, -0.15) is 5.10 Å². The van der Waals surface area contributed by atoms with Crippen molar-refractivity contribution in [1.82, 2.24) is 14.8 Å². The Hall–Kier alpha value is -1.55. The molecule has 0 saturated heterocycles. The summed E-state index contributed by atoms with van der Waals surface area (Å²) in [5, 5.41) is 4.51. The summed E-state index contributed by atoms with van der Waals surface area (Å²) in [5.74, 6) is 0. The first-order chi connectivity index (χ1) is 6.27. The Kier molecular flexibility index (Phi) is 1.90. The number of rotatable bonds is 1. The van der Waals surface area contributed by atoms with Crippen LogP contribution in [0.2, 0.25) is 5.02 Å². The quantitative estimate of drug-likeness (QED) is 0.700. The summed E-state index contributed by atoms with van der Waals surface area (Å²) in [6, 6.07) is 5.30. The third-order valence-corrected chi connectivity index (χ3v) is 2.01. The lowest BCUT2D eigenvalue weighted by atomic mass is 10.3. The number of nitrogen functional groups attached to an aromatic ring is 1. The molecule has 0 aliphatic rings. The largest absolute Gasteiger partial charge is 0.397 e. The lowest BCUT2D eigenvalue weighted by Gasteiger charge is -2.02. The molecule has 0 radical (unpaired) electrons. The van der Waals surface area contributed by atoms with Gasteiger partial charge in [-0.15, -0.1) is 0 Å². The average molecular weight is 195 g/mol. The van der Waals surface area contributed by atoms with E-state index >= 15 is 0 Å². The monoisotopic (exact) mass is 194 g/mol. The van der Waals surface area contributed by atoms with Gasteiger partial charge in [-0.1, -0.05) is 11.6 Å². The maximum Gasteiger partial charge on any atom is 0.138 e. The fourth-order valence-corrected chi connectivity index (χ4v) is 1.13. The first-order valence-electron chi connectivity index (χ1n) is 3.67. The van der Waals surface area contributed by atoms with E-state index in [1.54, 1.807) is 23.1 Å². The number of nitrogens with two attached hydrogens (primary N) is 1. The molecule has 1 aromatic heterocycles. The van der Waals surface area contributed by atoms with Gasteiger partial charge in [-0.05, 0) is 18.2 Å². The van der Waals surface area contributed by atoms with Crippen LogP contribution in [0, 0.1) is 0 Å². The van der Waals surface area contributed by atoms with E-state index in [1.165, 1.54) is 6.33 Å². The van der Waals surface area contributed by atoms with Gasteiger partial charge in [0.1, 0.15) is 12.7 Å². The fourth-order valence-electron chi connectivity index (χ4n) is 1.02. The van der Waals surface area contributed by atoms with E-state index in [9.17, 15) is 0 Å². The lowest BCUT2D eigenvalue weighted by molar-refractivity contribution is 0.879. The summed E-state index contributed by atoms with van der Waals surface area (Å²) in [5.41, 5.74) is 7.02. The van der Waals surface area contributed by atoms with E-state index in [0.29, 0.717) is 10.7 Å². The van der Waals surface area contributed by atoms with Crippen LogP contribution in [0.15, 0.2) is 30.9 Å². The molecule has 4 nitrogen and oxygen atoms in total. The third kappa shape index (κ3) is 1.48. The van der Waals surface area contributed by atoms with Crippen molar-refractivity contribution in [1.29, 1.82) is 0 Å². The molecule has 0 fully saturated rings. The van der Waals surface area contributed by atoms with Gasteiger partial charge in [-0.3, -0.25) is 0 Å². The predicted octanol–water partition coefficient (Wildman–Crippen LogP) is 1.50. The fraction of sp³-hybridized carbons (Fsp3) is 0. The molecule has 0 bridgehead atoms. The smallest absolute Gasteiger partial charge is 0.138 e. The first kappa shape index (κ1) is 8.07. The average Bonchev–Trinajstić information content (AvgIpc) is 2.62. The summed E-state index contributed by atoms with van der Waals surface area (Å²) in [7, 11) is 0. The molecule has 0 atom stereocenters. The molecule has 1 aromatic carbocycles. The molecule has 1 heterocycles. The minimum Gasteiger partial charge on any atom is -0.397 e. The number of benzene rings is 1. The topological polar surface area (TPSA) is 56.7 Å². The van der Waals surface area contributed by atoms with E-state index in [2.05, 4.69) is 10.1 Å². The second kappa shape index (κ2) is 3.06.